The number of hydrogen-bond donors (Lipinski definition) is 0. The Morgan fingerprint density at radius 1 is 1.14 bits per heavy atom. The highest BCUT2D eigenvalue weighted by molar-refractivity contribution is 7.90. The number of carbonyl (C=O) groups excluding carboxylic acids is 1. The molecule has 1 aliphatic heterocycles. The zero-order valence-corrected chi connectivity index (χ0v) is 17.7. The maximum atomic E-state index is 12.9. The van der Waals surface area contributed by atoms with Crippen molar-refractivity contribution in [2.45, 2.75) is 17.9 Å². The van der Waals surface area contributed by atoms with E-state index in [1.165, 1.54) is 18.2 Å². The van der Waals surface area contributed by atoms with Gasteiger partial charge in [-0.3, -0.25) is 9.69 Å². The molecule has 1 amide bonds. The molecule has 1 aliphatic rings. The van der Waals surface area contributed by atoms with Crippen molar-refractivity contribution >= 4 is 27.3 Å². The minimum absolute atomic E-state index is 0.0979. The van der Waals surface area contributed by atoms with Gasteiger partial charge in [-0.15, -0.1) is 0 Å². The lowest BCUT2D eigenvalue weighted by molar-refractivity contribution is 0.0761. The summed E-state index contributed by atoms with van der Waals surface area (Å²) in [5, 5.41) is 9.19. The molecule has 8 heteroatoms. The first-order chi connectivity index (χ1) is 13.8. The standard InChI is InChI=1S/C21H22ClN3O3S/c1-29(27,28)18-6-7-19(20(22)13-18)21(26)25-9-3-8-24(10-11-25)15-17-5-2-4-16(12-17)14-23/h2,4-7,12-13H,3,8-11,15H2,1H3. The van der Waals surface area contributed by atoms with E-state index in [2.05, 4.69) is 11.0 Å². The van der Waals surface area contributed by atoms with Gasteiger partial charge in [-0.1, -0.05) is 23.7 Å². The fraction of sp³-hybridized carbons (Fsp3) is 0.333. The highest BCUT2D eigenvalue weighted by atomic mass is 35.5. The van der Waals surface area contributed by atoms with Crippen molar-refractivity contribution < 1.29 is 13.2 Å². The topological polar surface area (TPSA) is 81.5 Å². The lowest BCUT2D eigenvalue weighted by Crippen LogP contribution is -2.35. The number of nitriles is 1. The number of benzene rings is 2. The Kier molecular flexibility index (Phi) is 6.58. The van der Waals surface area contributed by atoms with Crippen LogP contribution in [0.25, 0.3) is 0 Å². The second kappa shape index (κ2) is 8.95. The molecule has 0 saturated carbocycles. The van der Waals surface area contributed by atoms with Crippen molar-refractivity contribution in [1.29, 1.82) is 5.26 Å². The Balaban J connectivity index is 1.67. The van der Waals surface area contributed by atoms with Gasteiger partial charge < -0.3 is 4.90 Å². The normalized spacial score (nSPS) is 15.6. The quantitative estimate of drug-likeness (QED) is 0.743. The molecule has 0 atom stereocenters. The van der Waals surface area contributed by atoms with E-state index in [1.54, 1.807) is 11.0 Å². The second-order valence-corrected chi connectivity index (χ2v) is 9.57. The fourth-order valence-electron chi connectivity index (χ4n) is 3.40. The molecule has 1 heterocycles. The molecule has 1 saturated heterocycles. The van der Waals surface area contributed by atoms with E-state index in [0.29, 0.717) is 30.8 Å². The van der Waals surface area contributed by atoms with E-state index in [9.17, 15) is 13.2 Å². The van der Waals surface area contributed by atoms with Crippen LogP contribution in [0.15, 0.2) is 47.4 Å². The predicted molar refractivity (Wildman–Crippen MR) is 112 cm³/mol. The van der Waals surface area contributed by atoms with Crippen LogP contribution in [0, 0.1) is 11.3 Å². The maximum absolute atomic E-state index is 12.9. The monoisotopic (exact) mass is 431 g/mol. The molecule has 152 valence electrons. The predicted octanol–water partition coefficient (Wildman–Crippen LogP) is 2.96. The summed E-state index contributed by atoms with van der Waals surface area (Å²) in [6.45, 7) is 3.45. The first-order valence-electron chi connectivity index (χ1n) is 9.28. The molecule has 0 bridgehead atoms. The average Bonchev–Trinajstić information content (AvgIpc) is 2.92. The van der Waals surface area contributed by atoms with Gasteiger partial charge in [0.1, 0.15) is 0 Å². The number of rotatable bonds is 4. The van der Waals surface area contributed by atoms with Gasteiger partial charge in [0.25, 0.3) is 5.91 Å². The molecule has 0 aromatic heterocycles. The summed E-state index contributed by atoms with van der Waals surface area (Å²) < 4.78 is 23.3. The molecule has 2 aromatic rings. The molecular weight excluding hydrogens is 410 g/mol. The SMILES string of the molecule is CS(=O)(=O)c1ccc(C(=O)N2CCCN(Cc3cccc(C#N)c3)CC2)c(Cl)c1. The van der Waals surface area contributed by atoms with Crippen LogP contribution >= 0.6 is 11.6 Å². The third-order valence-corrected chi connectivity index (χ3v) is 6.36. The van der Waals surface area contributed by atoms with Gasteiger partial charge in [0.05, 0.1) is 27.1 Å². The van der Waals surface area contributed by atoms with Crippen LogP contribution < -0.4 is 0 Å². The van der Waals surface area contributed by atoms with E-state index in [4.69, 9.17) is 16.9 Å². The first kappa shape index (κ1) is 21.3. The number of halogens is 1. The minimum atomic E-state index is -3.38. The zero-order valence-electron chi connectivity index (χ0n) is 16.1. The number of sulfone groups is 1. The molecule has 0 radical (unpaired) electrons. The fourth-order valence-corrected chi connectivity index (χ4v) is 4.37. The van der Waals surface area contributed by atoms with E-state index < -0.39 is 9.84 Å². The van der Waals surface area contributed by atoms with E-state index in [0.717, 1.165) is 31.3 Å². The van der Waals surface area contributed by atoms with Crippen LogP contribution in [0.1, 0.15) is 27.9 Å². The van der Waals surface area contributed by atoms with Crippen molar-refractivity contribution in [2.24, 2.45) is 0 Å². The minimum Gasteiger partial charge on any atom is -0.337 e. The van der Waals surface area contributed by atoms with Gasteiger partial charge in [-0.2, -0.15) is 5.26 Å². The number of hydrogen-bond acceptors (Lipinski definition) is 5. The van der Waals surface area contributed by atoms with Crippen LogP contribution in [0.4, 0.5) is 0 Å². The van der Waals surface area contributed by atoms with Crippen LogP contribution in [-0.4, -0.2) is 56.6 Å². The van der Waals surface area contributed by atoms with E-state index in [1.807, 2.05) is 18.2 Å². The first-order valence-corrected chi connectivity index (χ1v) is 11.5. The van der Waals surface area contributed by atoms with E-state index >= 15 is 0 Å². The van der Waals surface area contributed by atoms with Gasteiger partial charge in [0.15, 0.2) is 9.84 Å². The molecule has 0 unspecified atom stereocenters. The summed E-state index contributed by atoms with van der Waals surface area (Å²) in [4.78, 5) is 17.0. The Hall–Kier alpha value is -2.40. The van der Waals surface area contributed by atoms with E-state index in [-0.39, 0.29) is 15.8 Å². The molecule has 2 aromatic carbocycles. The van der Waals surface area contributed by atoms with Crippen molar-refractivity contribution in [3.05, 3.63) is 64.2 Å². The second-order valence-electron chi connectivity index (χ2n) is 7.15. The number of carbonyl (C=O) groups is 1. The van der Waals surface area contributed by atoms with Gasteiger partial charge in [-0.05, 0) is 42.3 Å². The van der Waals surface area contributed by atoms with Crippen molar-refractivity contribution in [3.8, 4) is 6.07 Å². The van der Waals surface area contributed by atoms with Crippen LogP contribution in [-0.2, 0) is 16.4 Å². The van der Waals surface area contributed by atoms with Gasteiger partial charge in [0, 0.05) is 39.0 Å². The van der Waals surface area contributed by atoms with Gasteiger partial charge in [-0.25, -0.2) is 8.42 Å². The highest BCUT2D eigenvalue weighted by Gasteiger charge is 2.23. The summed E-state index contributed by atoms with van der Waals surface area (Å²) >= 11 is 6.21. The molecule has 6 nitrogen and oxygen atoms in total. The van der Waals surface area contributed by atoms with Crippen LogP contribution in [0.3, 0.4) is 0 Å². The third kappa shape index (κ3) is 5.36. The molecule has 0 aliphatic carbocycles. The largest absolute Gasteiger partial charge is 0.337 e. The van der Waals surface area contributed by atoms with Crippen molar-refractivity contribution in [2.75, 3.05) is 32.4 Å². The Morgan fingerprint density at radius 3 is 2.62 bits per heavy atom. The highest BCUT2D eigenvalue weighted by Crippen LogP contribution is 2.23. The lowest BCUT2D eigenvalue weighted by atomic mass is 10.1. The molecule has 1 fully saturated rings. The average molecular weight is 432 g/mol. The summed E-state index contributed by atoms with van der Waals surface area (Å²) in [6.07, 6.45) is 1.93. The summed E-state index contributed by atoms with van der Waals surface area (Å²) in [5.41, 5.74) is 2.03. The summed E-state index contributed by atoms with van der Waals surface area (Å²) in [5.74, 6) is -0.191. The molecule has 0 N–H and O–H groups in total. The summed E-state index contributed by atoms with van der Waals surface area (Å²) in [7, 11) is -3.38. The molecule has 29 heavy (non-hydrogen) atoms. The van der Waals surface area contributed by atoms with Gasteiger partial charge >= 0.3 is 0 Å². The number of amides is 1. The van der Waals surface area contributed by atoms with Crippen LogP contribution in [0.2, 0.25) is 5.02 Å². The lowest BCUT2D eigenvalue weighted by Gasteiger charge is -2.22. The van der Waals surface area contributed by atoms with Crippen LogP contribution in [0.5, 0.6) is 0 Å². The smallest absolute Gasteiger partial charge is 0.255 e. The zero-order chi connectivity index (χ0) is 21.0. The molecular formula is C21H22ClN3O3S. The molecule has 3 rings (SSSR count). The van der Waals surface area contributed by atoms with Crippen molar-refractivity contribution in [1.82, 2.24) is 9.80 Å². The number of nitrogens with zero attached hydrogens (tertiary/aromatic N) is 3. The van der Waals surface area contributed by atoms with Crippen molar-refractivity contribution in [3.63, 3.8) is 0 Å². The summed E-state index contributed by atoms with van der Waals surface area (Å²) in [6, 6.07) is 13.9. The van der Waals surface area contributed by atoms with Gasteiger partial charge in [0.2, 0.25) is 0 Å². The third-order valence-electron chi connectivity index (χ3n) is 4.94. The Labute approximate surface area is 176 Å². The maximum Gasteiger partial charge on any atom is 0.255 e. The Morgan fingerprint density at radius 2 is 1.93 bits per heavy atom. The Bertz CT molecular complexity index is 1060. The molecule has 0 spiro atoms.